The minimum absolute atomic E-state index is 0.173. The highest BCUT2D eigenvalue weighted by Gasteiger charge is 2.55. The summed E-state index contributed by atoms with van der Waals surface area (Å²) in [7, 11) is 0. The van der Waals surface area contributed by atoms with E-state index >= 15 is 0 Å². The van der Waals surface area contributed by atoms with Crippen molar-refractivity contribution in [3.63, 3.8) is 0 Å². The van der Waals surface area contributed by atoms with Crippen LogP contribution in [0, 0.1) is 17.8 Å². The van der Waals surface area contributed by atoms with E-state index in [2.05, 4.69) is 6.58 Å². The molecule has 6 nitrogen and oxygen atoms in total. The summed E-state index contributed by atoms with van der Waals surface area (Å²) in [5, 5.41) is 9.66. The molecule has 0 spiro atoms. The van der Waals surface area contributed by atoms with Gasteiger partial charge in [0.1, 0.15) is 12.2 Å². The van der Waals surface area contributed by atoms with Crippen molar-refractivity contribution < 1.29 is 29.0 Å². The van der Waals surface area contributed by atoms with Gasteiger partial charge in [-0.25, -0.2) is 4.79 Å². The van der Waals surface area contributed by atoms with E-state index in [1.165, 1.54) is 6.08 Å². The number of aliphatic hydroxyl groups is 1. The second-order valence-corrected chi connectivity index (χ2v) is 7.11. The molecule has 1 heterocycles. The van der Waals surface area contributed by atoms with E-state index in [1.807, 2.05) is 6.92 Å². The molecule has 0 aromatic rings. The number of ether oxygens (including phenoxy) is 2. The van der Waals surface area contributed by atoms with Crippen LogP contribution in [-0.4, -0.2) is 41.6 Å². The number of rotatable bonds is 3. The monoisotopic (exact) mass is 346 g/mol. The van der Waals surface area contributed by atoms with Crippen LogP contribution in [0.2, 0.25) is 0 Å². The first-order chi connectivity index (χ1) is 11.8. The molecule has 1 saturated heterocycles. The van der Waals surface area contributed by atoms with Gasteiger partial charge in [0.05, 0.1) is 12.5 Å². The molecule has 0 aromatic heterocycles. The van der Waals surface area contributed by atoms with Gasteiger partial charge in [0.25, 0.3) is 0 Å². The first-order valence-corrected chi connectivity index (χ1v) is 8.38. The molecule has 25 heavy (non-hydrogen) atoms. The molecule has 3 aliphatic rings. The predicted octanol–water partition coefficient (Wildman–Crippen LogP) is 1.49. The molecule has 5 atom stereocenters. The number of esters is 2. The lowest BCUT2D eigenvalue weighted by Gasteiger charge is -2.29. The van der Waals surface area contributed by atoms with Crippen molar-refractivity contribution in [2.75, 3.05) is 6.61 Å². The number of carbonyl (C=O) groups excluding carboxylic acids is 3. The zero-order chi connectivity index (χ0) is 18.5. The first-order valence-electron chi connectivity index (χ1n) is 8.38. The van der Waals surface area contributed by atoms with Crippen molar-refractivity contribution in [2.45, 2.75) is 39.4 Å². The highest BCUT2D eigenvalue weighted by Crippen LogP contribution is 2.48. The molecular weight excluding hydrogens is 324 g/mol. The lowest BCUT2D eigenvalue weighted by atomic mass is 9.79. The summed E-state index contributed by atoms with van der Waals surface area (Å²) in [6.07, 6.45) is 0.576. The lowest BCUT2D eigenvalue weighted by molar-refractivity contribution is -0.148. The summed E-state index contributed by atoms with van der Waals surface area (Å²) in [5.41, 5.74) is 2.17. The zero-order valence-electron chi connectivity index (χ0n) is 14.6. The first kappa shape index (κ1) is 17.6. The van der Waals surface area contributed by atoms with Gasteiger partial charge in [0, 0.05) is 29.4 Å². The van der Waals surface area contributed by atoms with E-state index < -0.39 is 30.0 Å². The summed E-state index contributed by atoms with van der Waals surface area (Å²) in [6.45, 7) is 8.45. The van der Waals surface area contributed by atoms with Crippen molar-refractivity contribution in [1.82, 2.24) is 0 Å². The fourth-order valence-corrected chi connectivity index (χ4v) is 4.16. The molecule has 1 fully saturated rings. The average molecular weight is 346 g/mol. The van der Waals surface area contributed by atoms with Gasteiger partial charge < -0.3 is 14.6 Å². The van der Waals surface area contributed by atoms with Crippen molar-refractivity contribution >= 4 is 17.7 Å². The molecule has 0 unspecified atom stereocenters. The average Bonchev–Trinajstić information content (AvgIpc) is 2.99. The maximum atomic E-state index is 12.4. The lowest BCUT2D eigenvalue weighted by Crippen LogP contribution is -2.38. The minimum atomic E-state index is -0.622. The maximum Gasteiger partial charge on any atom is 0.333 e. The van der Waals surface area contributed by atoms with E-state index in [9.17, 15) is 19.5 Å². The number of aliphatic hydroxyl groups excluding tert-OH is 1. The molecule has 6 heteroatoms. The van der Waals surface area contributed by atoms with Gasteiger partial charge in [-0.05, 0) is 25.5 Å². The Morgan fingerprint density at radius 1 is 1.44 bits per heavy atom. The van der Waals surface area contributed by atoms with Crippen LogP contribution in [0.25, 0.3) is 0 Å². The van der Waals surface area contributed by atoms with Crippen LogP contribution < -0.4 is 0 Å². The molecule has 1 N–H and O–H groups in total. The van der Waals surface area contributed by atoms with E-state index in [1.54, 1.807) is 13.8 Å². The van der Waals surface area contributed by atoms with E-state index in [-0.39, 0.29) is 29.9 Å². The van der Waals surface area contributed by atoms with E-state index in [4.69, 9.17) is 9.47 Å². The molecule has 0 amide bonds. The van der Waals surface area contributed by atoms with Crippen LogP contribution in [0.5, 0.6) is 0 Å². The molecule has 0 aromatic carbocycles. The van der Waals surface area contributed by atoms with Crippen LogP contribution in [0.1, 0.15) is 27.2 Å². The summed E-state index contributed by atoms with van der Waals surface area (Å²) in [6, 6.07) is 0. The number of hydrogen-bond donors (Lipinski definition) is 1. The number of allylic oxidation sites excluding steroid dienone is 1. The quantitative estimate of drug-likeness (QED) is 0.615. The van der Waals surface area contributed by atoms with Gasteiger partial charge in [-0.2, -0.15) is 0 Å². The summed E-state index contributed by atoms with van der Waals surface area (Å²) < 4.78 is 11.2. The molecule has 2 aliphatic carbocycles. The highest BCUT2D eigenvalue weighted by molar-refractivity contribution is 6.09. The Hall–Kier alpha value is -2.21. The van der Waals surface area contributed by atoms with Crippen LogP contribution >= 0.6 is 0 Å². The van der Waals surface area contributed by atoms with Gasteiger partial charge >= 0.3 is 11.9 Å². The normalized spacial score (nSPS) is 34.1. The summed E-state index contributed by atoms with van der Waals surface area (Å²) in [4.78, 5) is 36.7. The van der Waals surface area contributed by atoms with E-state index in [0.29, 0.717) is 17.6 Å². The Balaban J connectivity index is 2.05. The van der Waals surface area contributed by atoms with Crippen LogP contribution in [-0.2, 0) is 23.9 Å². The van der Waals surface area contributed by atoms with Gasteiger partial charge in [0.2, 0.25) is 0 Å². The second-order valence-electron chi connectivity index (χ2n) is 7.11. The molecule has 1 aliphatic heterocycles. The van der Waals surface area contributed by atoms with Crippen molar-refractivity contribution in [3.05, 3.63) is 34.9 Å². The van der Waals surface area contributed by atoms with Gasteiger partial charge in [0.15, 0.2) is 5.78 Å². The Morgan fingerprint density at radius 3 is 2.72 bits per heavy atom. The molecule has 0 radical (unpaired) electrons. The third-order valence-corrected chi connectivity index (χ3v) is 5.39. The fourth-order valence-electron chi connectivity index (χ4n) is 4.16. The van der Waals surface area contributed by atoms with Gasteiger partial charge in [-0.1, -0.05) is 19.1 Å². The standard InChI is InChI=1S/C19H22O6/c1-8(2)18(22)24-13-5-9(3)14-12(21)6-11(7-20)16(14)17-15(13)10(4)19(23)25-17/h6,10,13,15-17,20H,1,5,7H2,2-4H3/t10-,13-,15+,16-,17-/m0/s1. The van der Waals surface area contributed by atoms with Crippen molar-refractivity contribution in [2.24, 2.45) is 17.8 Å². The molecule has 0 saturated carbocycles. The summed E-state index contributed by atoms with van der Waals surface area (Å²) in [5.74, 6) is -2.38. The minimum Gasteiger partial charge on any atom is -0.461 e. The number of ketones is 1. The fraction of sp³-hybridized carbons (Fsp3) is 0.526. The van der Waals surface area contributed by atoms with Gasteiger partial charge in [-0.3, -0.25) is 9.59 Å². The molecule has 3 rings (SSSR count). The van der Waals surface area contributed by atoms with E-state index in [0.717, 1.165) is 5.57 Å². The topological polar surface area (TPSA) is 89.9 Å². The third kappa shape index (κ3) is 2.74. The maximum absolute atomic E-state index is 12.4. The largest absolute Gasteiger partial charge is 0.461 e. The van der Waals surface area contributed by atoms with Crippen LogP contribution in [0.15, 0.2) is 34.9 Å². The molecule has 0 bridgehead atoms. The smallest absolute Gasteiger partial charge is 0.333 e. The molecular formula is C19H22O6. The third-order valence-electron chi connectivity index (χ3n) is 5.39. The highest BCUT2D eigenvalue weighted by atomic mass is 16.6. The zero-order valence-corrected chi connectivity index (χ0v) is 14.6. The van der Waals surface area contributed by atoms with Gasteiger partial charge in [-0.15, -0.1) is 0 Å². The predicted molar refractivity (Wildman–Crippen MR) is 88.2 cm³/mol. The van der Waals surface area contributed by atoms with Crippen molar-refractivity contribution in [3.8, 4) is 0 Å². The van der Waals surface area contributed by atoms with Crippen LogP contribution in [0.3, 0.4) is 0 Å². The number of hydrogen-bond acceptors (Lipinski definition) is 6. The SMILES string of the molecule is C=C(C)C(=O)O[C@H]1CC(C)=C2C(=O)C=C(CO)[C@@H]2[C@H]2OC(=O)[C@@H](C)[C@@H]21. The van der Waals surface area contributed by atoms with Crippen LogP contribution in [0.4, 0.5) is 0 Å². The Morgan fingerprint density at radius 2 is 2.12 bits per heavy atom. The Kier molecular flexibility index (Phi) is 4.41. The summed E-state index contributed by atoms with van der Waals surface area (Å²) >= 11 is 0. The Bertz CT molecular complexity index is 728. The molecule has 134 valence electrons. The number of fused-ring (bicyclic) bond motifs is 3. The second kappa shape index (κ2) is 6.26. The number of carbonyl (C=O) groups is 3. The van der Waals surface area contributed by atoms with Crippen molar-refractivity contribution in [1.29, 1.82) is 0 Å². The Labute approximate surface area is 146 Å².